The highest BCUT2D eigenvalue weighted by atomic mass is 32.2. The summed E-state index contributed by atoms with van der Waals surface area (Å²) >= 11 is 3.69. The minimum atomic E-state index is -0.164. The van der Waals surface area contributed by atoms with E-state index in [0.29, 0.717) is 22.3 Å². The Balaban J connectivity index is 1.12. The normalized spacial score (nSPS) is 17.1. The number of thioether (sulfide) groups is 2. The maximum atomic E-state index is 15.0. The molecule has 2 saturated carbocycles. The third-order valence-electron chi connectivity index (χ3n) is 16.2. The zero-order valence-electron chi connectivity index (χ0n) is 41.6. The molecule has 0 radical (unpaired) electrons. The van der Waals surface area contributed by atoms with Gasteiger partial charge in [0, 0.05) is 76.4 Å². The third kappa shape index (κ3) is 10.1. The van der Waals surface area contributed by atoms with Gasteiger partial charge < -0.3 is 0 Å². The van der Waals surface area contributed by atoms with E-state index in [1.165, 1.54) is 116 Å². The Morgan fingerprint density at radius 3 is 1.06 bits per heavy atom. The average molecular weight is 955 g/mol. The maximum Gasteiger partial charge on any atom is 0.261 e. The number of amides is 4. The highest BCUT2D eigenvalue weighted by Crippen LogP contribution is 2.52. The summed E-state index contributed by atoms with van der Waals surface area (Å²) in [5, 5.41) is 7.69. The predicted molar refractivity (Wildman–Crippen MR) is 288 cm³/mol. The van der Waals surface area contributed by atoms with E-state index in [1.807, 2.05) is 35.7 Å². The first-order valence-corrected chi connectivity index (χ1v) is 29.7. The summed E-state index contributed by atoms with van der Waals surface area (Å²) in [4.78, 5) is 64.8. The summed E-state index contributed by atoms with van der Waals surface area (Å²) in [5.41, 5.74) is 2.55. The van der Waals surface area contributed by atoms with Gasteiger partial charge in [-0.05, 0) is 85.1 Å². The van der Waals surface area contributed by atoms with E-state index in [1.54, 1.807) is 9.80 Å². The summed E-state index contributed by atoms with van der Waals surface area (Å²) in [6.45, 7) is 4.55. The number of hydrogen-bond acceptors (Lipinski definition) is 6. The molecule has 0 N–H and O–H groups in total. The molecule has 8 heteroatoms. The van der Waals surface area contributed by atoms with Crippen LogP contribution in [0.15, 0.2) is 46.2 Å². The summed E-state index contributed by atoms with van der Waals surface area (Å²) in [6.07, 6.45) is 35.5. The largest absolute Gasteiger partial charge is 0.271 e. The summed E-state index contributed by atoms with van der Waals surface area (Å²) in [5.74, 6) is 1.25. The van der Waals surface area contributed by atoms with Crippen molar-refractivity contribution in [2.45, 2.75) is 228 Å². The molecule has 9 rings (SSSR count). The van der Waals surface area contributed by atoms with Crippen molar-refractivity contribution in [3.05, 3.63) is 58.7 Å². The molecule has 2 heterocycles. The van der Waals surface area contributed by atoms with Crippen molar-refractivity contribution < 1.29 is 19.2 Å². The van der Waals surface area contributed by atoms with Crippen LogP contribution in [0.4, 0.5) is 0 Å². The van der Waals surface area contributed by atoms with Crippen LogP contribution in [-0.4, -0.2) is 57.0 Å². The molecule has 4 aliphatic rings. The number of imide groups is 2. The first-order chi connectivity index (χ1) is 33.4. The van der Waals surface area contributed by atoms with Crippen LogP contribution >= 0.6 is 23.5 Å². The molecule has 2 aliphatic carbocycles. The van der Waals surface area contributed by atoms with E-state index in [9.17, 15) is 19.2 Å². The Labute approximate surface area is 415 Å². The molecule has 5 aromatic rings. The quantitative estimate of drug-likeness (QED) is 0.0181. The number of hydrogen-bond donors (Lipinski definition) is 0. The molecule has 0 spiro atoms. The van der Waals surface area contributed by atoms with E-state index in [2.05, 4.69) is 38.1 Å². The Bertz CT molecular complexity index is 2410. The van der Waals surface area contributed by atoms with Crippen LogP contribution in [0, 0.1) is 0 Å². The van der Waals surface area contributed by atoms with Gasteiger partial charge in [-0.15, -0.1) is 23.5 Å². The van der Waals surface area contributed by atoms with E-state index in [0.717, 1.165) is 141 Å². The molecule has 0 atom stereocenters. The molecule has 68 heavy (non-hydrogen) atoms. The molecule has 4 amide bonds. The molecule has 5 aromatic carbocycles. The highest BCUT2D eigenvalue weighted by Gasteiger charge is 2.42. The fourth-order valence-corrected chi connectivity index (χ4v) is 14.8. The summed E-state index contributed by atoms with van der Waals surface area (Å²) in [7, 11) is 0. The van der Waals surface area contributed by atoms with E-state index in [4.69, 9.17) is 0 Å². The van der Waals surface area contributed by atoms with Crippen LogP contribution in [-0.2, 0) is 0 Å². The molecule has 2 fully saturated rings. The van der Waals surface area contributed by atoms with Crippen LogP contribution in [0.2, 0.25) is 0 Å². The van der Waals surface area contributed by atoms with Gasteiger partial charge in [-0.3, -0.25) is 29.0 Å². The maximum absolute atomic E-state index is 15.0. The van der Waals surface area contributed by atoms with Crippen LogP contribution in [0.1, 0.15) is 248 Å². The van der Waals surface area contributed by atoms with E-state index >= 15 is 0 Å². The van der Waals surface area contributed by atoms with Gasteiger partial charge in [-0.2, -0.15) is 0 Å². The minimum absolute atomic E-state index is 0.0733. The number of benzene rings is 5. The minimum Gasteiger partial charge on any atom is -0.271 e. The fourth-order valence-electron chi connectivity index (χ4n) is 12.5. The standard InChI is InChI=1S/C60H78N2O4S2/c1-3-5-7-9-11-13-15-17-19-27-37-67-49-39-47-51-45(57(63)61(59(47)65)41-29-23-21-24-30-41)36-34-44-54-50(68-38-28-20-18-16-14-12-10-8-6-4-2)40-48-52-46(35-33-43(56(52)54)53(49)55(44)51)58(64)62(60(48)66)42-31-25-22-26-32-42/h33-36,39-42H,3-32,37-38H2,1-2H3. The van der Waals surface area contributed by atoms with Crippen molar-refractivity contribution in [2.24, 2.45) is 0 Å². The van der Waals surface area contributed by atoms with E-state index < -0.39 is 0 Å². The number of nitrogens with zero attached hydrogens (tertiary/aromatic N) is 2. The lowest BCUT2D eigenvalue weighted by molar-refractivity contribution is 0.0487. The van der Waals surface area contributed by atoms with Crippen LogP contribution in [0.3, 0.4) is 0 Å². The van der Waals surface area contributed by atoms with Gasteiger partial charge in [-0.25, -0.2) is 0 Å². The lowest BCUT2D eigenvalue weighted by Gasteiger charge is -2.37. The van der Waals surface area contributed by atoms with Crippen LogP contribution < -0.4 is 0 Å². The lowest BCUT2D eigenvalue weighted by Crippen LogP contribution is -2.48. The summed E-state index contributed by atoms with van der Waals surface area (Å²) in [6, 6.07) is 12.4. The SMILES string of the molecule is CCCCCCCCCCCCSc1cc2c3c(ccc4c5c(SCCCCCCCCCCCC)cc6c7c(ccc(c1c34)c75)C(=O)N(C1CCCCC1)C6=O)C(=O)N(C1CCCCC1)C2=O. The number of carbonyl (C=O) groups is 4. The fraction of sp³-hybridized carbons (Fsp3) is 0.600. The highest BCUT2D eigenvalue weighted by molar-refractivity contribution is 7.99. The monoisotopic (exact) mass is 955 g/mol. The smallest absolute Gasteiger partial charge is 0.261 e. The molecule has 0 aromatic heterocycles. The molecule has 0 bridgehead atoms. The van der Waals surface area contributed by atoms with Crippen molar-refractivity contribution in [3.63, 3.8) is 0 Å². The number of carbonyl (C=O) groups excluding carboxylic acids is 4. The molecular weight excluding hydrogens is 877 g/mol. The Hall–Kier alpha value is -3.62. The van der Waals surface area contributed by atoms with E-state index in [-0.39, 0.29) is 35.7 Å². The number of fused-ring (bicyclic) bond motifs is 2. The molecule has 2 aliphatic heterocycles. The van der Waals surface area contributed by atoms with Crippen LogP contribution in [0.25, 0.3) is 43.1 Å². The lowest BCUT2D eigenvalue weighted by atomic mass is 9.81. The van der Waals surface area contributed by atoms with Gasteiger partial charge in [0.15, 0.2) is 0 Å². The topological polar surface area (TPSA) is 74.8 Å². The van der Waals surface area contributed by atoms with Gasteiger partial charge in [0.25, 0.3) is 23.6 Å². The molecule has 0 saturated heterocycles. The number of rotatable bonds is 26. The second-order valence-electron chi connectivity index (χ2n) is 21.0. The van der Waals surface area contributed by atoms with Gasteiger partial charge in [0.2, 0.25) is 0 Å². The van der Waals surface area contributed by atoms with Crippen molar-refractivity contribution in [1.82, 2.24) is 9.80 Å². The van der Waals surface area contributed by atoms with Gasteiger partial charge >= 0.3 is 0 Å². The first kappa shape index (κ1) is 49.4. The predicted octanol–water partition coefficient (Wildman–Crippen LogP) is 17.6. The van der Waals surface area contributed by atoms with Crippen molar-refractivity contribution in [1.29, 1.82) is 0 Å². The van der Waals surface area contributed by atoms with Crippen molar-refractivity contribution >= 4 is 90.2 Å². The van der Waals surface area contributed by atoms with Gasteiger partial charge in [-0.1, -0.05) is 180 Å². The summed E-state index contributed by atoms with van der Waals surface area (Å²) < 4.78 is 0. The second-order valence-corrected chi connectivity index (χ2v) is 23.3. The first-order valence-electron chi connectivity index (χ1n) is 27.7. The Morgan fingerprint density at radius 2 is 0.706 bits per heavy atom. The average Bonchev–Trinajstić information content (AvgIpc) is 3.36. The van der Waals surface area contributed by atoms with Crippen molar-refractivity contribution in [2.75, 3.05) is 11.5 Å². The third-order valence-corrected chi connectivity index (χ3v) is 18.5. The molecular formula is C60H78N2O4S2. The van der Waals surface area contributed by atoms with Crippen molar-refractivity contribution in [3.8, 4) is 0 Å². The second kappa shape index (κ2) is 23.5. The zero-order chi connectivity index (χ0) is 47.0. The molecule has 6 nitrogen and oxygen atoms in total. The Kier molecular flexibility index (Phi) is 17.1. The molecule has 0 unspecified atom stereocenters. The van der Waals surface area contributed by atoms with Gasteiger partial charge in [0.1, 0.15) is 0 Å². The Morgan fingerprint density at radius 1 is 0.382 bits per heavy atom. The number of unbranched alkanes of at least 4 members (excludes halogenated alkanes) is 18. The van der Waals surface area contributed by atoms with Crippen LogP contribution in [0.5, 0.6) is 0 Å². The van der Waals surface area contributed by atoms with Gasteiger partial charge in [0.05, 0.1) is 0 Å². The zero-order valence-corrected chi connectivity index (χ0v) is 43.2. The molecule has 364 valence electrons.